The zero-order chi connectivity index (χ0) is 23.0. The topological polar surface area (TPSA) is 76.4 Å². The van der Waals surface area contributed by atoms with Gasteiger partial charge in [0.15, 0.2) is 0 Å². The SMILES string of the molecule is O=C(O)CCc1cn(S(=O)(=O)c2cccc(-c3cccc(Cl)c3Cl)c2)c2ccc(Cl)cc12. The van der Waals surface area contributed by atoms with E-state index in [1.807, 2.05) is 0 Å². The Morgan fingerprint density at radius 3 is 2.47 bits per heavy atom. The van der Waals surface area contributed by atoms with Crippen LogP contribution in [0.1, 0.15) is 12.0 Å². The summed E-state index contributed by atoms with van der Waals surface area (Å²) in [7, 11) is -4.00. The van der Waals surface area contributed by atoms with Crippen LogP contribution in [-0.4, -0.2) is 23.5 Å². The van der Waals surface area contributed by atoms with Crippen LogP contribution >= 0.6 is 34.8 Å². The Hall–Kier alpha value is -2.51. The summed E-state index contributed by atoms with van der Waals surface area (Å²) >= 11 is 18.5. The molecule has 0 unspecified atom stereocenters. The highest BCUT2D eigenvalue weighted by Crippen LogP contribution is 2.35. The minimum absolute atomic E-state index is 0.0580. The highest BCUT2D eigenvalue weighted by Gasteiger charge is 2.22. The van der Waals surface area contributed by atoms with Crippen LogP contribution in [0.2, 0.25) is 15.1 Å². The number of aliphatic carboxylic acids is 1. The van der Waals surface area contributed by atoms with Gasteiger partial charge in [-0.05, 0) is 53.9 Å². The molecule has 4 aromatic rings. The number of hydrogen-bond acceptors (Lipinski definition) is 3. The molecule has 0 aliphatic carbocycles. The van der Waals surface area contributed by atoms with Crippen LogP contribution in [0.3, 0.4) is 0 Å². The van der Waals surface area contributed by atoms with Gasteiger partial charge >= 0.3 is 5.97 Å². The van der Waals surface area contributed by atoms with Crippen molar-refractivity contribution in [2.24, 2.45) is 0 Å². The summed E-state index contributed by atoms with van der Waals surface area (Å²) in [6.45, 7) is 0. The van der Waals surface area contributed by atoms with Crippen molar-refractivity contribution in [3.63, 3.8) is 0 Å². The van der Waals surface area contributed by atoms with Crippen molar-refractivity contribution in [3.8, 4) is 11.1 Å². The molecule has 1 aromatic heterocycles. The number of halogens is 3. The molecule has 0 spiro atoms. The fourth-order valence-corrected chi connectivity index (χ4v) is 5.56. The van der Waals surface area contributed by atoms with E-state index in [1.165, 1.54) is 18.3 Å². The van der Waals surface area contributed by atoms with Crippen LogP contribution in [0.4, 0.5) is 0 Å². The number of carbonyl (C=O) groups is 1. The van der Waals surface area contributed by atoms with E-state index in [1.54, 1.807) is 48.5 Å². The Kier molecular flexibility index (Phi) is 6.23. The number of carboxylic acids is 1. The lowest BCUT2D eigenvalue weighted by Crippen LogP contribution is -2.12. The van der Waals surface area contributed by atoms with Crippen LogP contribution in [-0.2, 0) is 21.2 Å². The van der Waals surface area contributed by atoms with Crippen LogP contribution in [0.15, 0.2) is 71.8 Å². The van der Waals surface area contributed by atoms with E-state index in [2.05, 4.69) is 0 Å². The second-order valence-corrected chi connectivity index (χ2v) is 10.2. The van der Waals surface area contributed by atoms with Crippen molar-refractivity contribution in [1.29, 1.82) is 0 Å². The van der Waals surface area contributed by atoms with Gasteiger partial charge < -0.3 is 5.11 Å². The molecular weight excluding hydrogens is 493 g/mol. The minimum Gasteiger partial charge on any atom is -0.481 e. The predicted molar refractivity (Wildman–Crippen MR) is 127 cm³/mol. The van der Waals surface area contributed by atoms with Crippen molar-refractivity contribution < 1.29 is 18.3 Å². The third kappa shape index (κ3) is 4.24. The first-order valence-corrected chi connectivity index (χ1v) is 12.1. The number of aromatic nitrogens is 1. The van der Waals surface area contributed by atoms with Crippen molar-refractivity contribution in [2.75, 3.05) is 0 Å². The second-order valence-electron chi connectivity index (χ2n) is 7.14. The number of benzene rings is 3. The maximum atomic E-state index is 13.6. The van der Waals surface area contributed by atoms with Gasteiger partial charge in [-0.25, -0.2) is 12.4 Å². The number of carboxylic acid groups (broad SMARTS) is 1. The Morgan fingerprint density at radius 2 is 1.72 bits per heavy atom. The average molecular weight is 509 g/mol. The molecule has 0 amide bonds. The highest BCUT2D eigenvalue weighted by molar-refractivity contribution is 7.90. The number of hydrogen-bond donors (Lipinski definition) is 1. The standard InChI is InChI=1S/C23H16Cl3NO4S/c24-16-8-9-21-19(12-16)15(7-10-22(28)29)13-27(21)32(30,31)17-4-1-3-14(11-17)18-5-2-6-20(25)23(18)26/h1-6,8-9,11-13H,7,10H2,(H,28,29). The van der Waals surface area contributed by atoms with Crippen LogP contribution < -0.4 is 0 Å². The molecule has 0 bridgehead atoms. The van der Waals surface area contributed by atoms with Gasteiger partial charge in [0.1, 0.15) is 0 Å². The summed E-state index contributed by atoms with van der Waals surface area (Å²) in [4.78, 5) is 11.1. The van der Waals surface area contributed by atoms with Gasteiger partial charge in [0.05, 0.1) is 20.5 Å². The van der Waals surface area contributed by atoms with Crippen LogP contribution in [0.25, 0.3) is 22.0 Å². The zero-order valence-electron chi connectivity index (χ0n) is 16.4. The lowest BCUT2D eigenvalue weighted by Gasteiger charge is -2.11. The molecule has 4 rings (SSSR count). The maximum absolute atomic E-state index is 13.6. The molecule has 0 radical (unpaired) electrons. The van der Waals surface area contributed by atoms with Gasteiger partial charge in [-0.3, -0.25) is 4.79 Å². The van der Waals surface area contributed by atoms with E-state index in [9.17, 15) is 13.2 Å². The third-order valence-electron chi connectivity index (χ3n) is 5.08. The number of fused-ring (bicyclic) bond motifs is 1. The first kappa shape index (κ1) is 22.7. The average Bonchev–Trinajstić information content (AvgIpc) is 3.13. The molecule has 1 N–H and O–H groups in total. The minimum atomic E-state index is -4.00. The third-order valence-corrected chi connectivity index (χ3v) is 7.80. The van der Waals surface area contributed by atoms with Gasteiger partial charge in [-0.2, -0.15) is 0 Å². The van der Waals surface area contributed by atoms with Crippen molar-refractivity contribution in [3.05, 3.63) is 87.5 Å². The summed E-state index contributed by atoms with van der Waals surface area (Å²) in [5, 5.41) is 10.8. The first-order valence-electron chi connectivity index (χ1n) is 9.50. The van der Waals surface area contributed by atoms with E-state index in [4.69, 9.17) is 39.9 Å². The van der Waals surface area contributed by atoms with E-state index < -0.39 is 16.0 Å². The Balaban J connectivity index is 1.86. The molecule has 0 atom stereocenters. The van der Waals surface area contributed by atoms with Gasteiger partial charge in [0.2, 0.25) is 0 Å². The van der Waals surface area contributed by atoms with Crippen molar-refractivity contribution in [2.45, 2.75) is 17.7 Å². The first-order chi connectivity index (χ1) is 15.2. The molecule has 0 saturated heterocycles. The van der Waals surface area contributed by atoms with Gasteiger partial charge in [0.25, 0.3) is 10.0 Å². The molecule has 32 heavy (non-hydrogen) atoms. The van der Waals surface area contributed by atoms with E-state index >= 15 is 0 Å². The number of aryl methyl sites for hydroxylation is 1. The fraction of sp³-hybridized carbons (Fsp3) is 0.0870. The van der Waals surface area contributed by atoms with Gasteiger partial charge in [-0.15, -0.1) is 0 Å². The summed E-state index contributed by atoms with van der Waals surface area (Å²) in [6, 6.07) is 16.4. The fourth-order valence-electron chi connectivity index (χ4n) is 3.54. The molecule has 9 heteroatoms. The normalized spacial score (nSPS) is 11.7. The quantitative estimate of drug-likeness (QED) is 0.321. The number of nitrogens with zero attached hydrogens (tertiary/aromatic N) is 1. The molecule has 0 aliphatic heterocycles. The monoisotopic (exact) mass is 507 g/mol. The zero-order valence-corrected chi connectivity index (χ0v) is 19.5. The molecular formula is C23H16Cl3NO4S. The molecule has 0 fully saturated rings. The summed E-state index contributed by atoms with van der Waals surface area (Å²) in [6.07, 6.45) is 1.50. The summed E-state index contributed by atoms with van der Waals surface area (Å²) < 4.78 is 28.3. The lowest BCUT2D eigenvalue weighted by molar-refractivity contribution is -0.136. The molecule has 5 nitrogen and oxygen atoms in total. The molecule has 1 heterocycles. The Labute approximate surface area is 199 Å². The molecule has 0 aliphatic rings. The Morgan fingerprint density at radius 1 is 0.969 bits per heavy atom. The van der Waals surface area contributed by atoms with Gasteiger partial charge in [-0.1, -0.05) is 59.1 Å². The van der Waals surface area contributed by atoms with E-state index in [0.29, 0.717) is 42.7 Å². The molecule has 164 valence electrons. The largest absolute Gasteiger partial charge is 0.481 e. The predicted octanol–water partition coefficient (Wildman–Crippen LogP) is 6.52. The van der Waals surface area contributed by atoms with Crippen LogP contribution in [0.5, 0.6) is 0 Å². The summed E-state index contributed by atoms with van der Waals surface area (Å²) in [5.41, 5.74) is 2.22. The van der Waals surface area contributed by atoms with Crippen molar-refractivity contribution >= 4 is 61.7 Å². The van der Waals surface area contributed by atoms with Gasteiger partial charge in [0, 0.05) is 28.6 Å². The molecule has 3 aromatic carbocycles. The van der Waals surface area contributed by atoms with E-state index in [-0.39, 0.29) is 17.7 Å². The maximum Gasteiger partial charge on any atom is 0.303 e. The smallest absolute Gasteiger partial charge is 0.303 e. The lowest BCUT2D eigenvalue weighted by atomic mass is 10.1. The van der Waals surface area contributed by atoms with Crippen LogP contribution in [0, 0.1) is 0 Å². The van der Waals surface area contributed by atoms with E-state index in [0.717, 1.165) is 3.97 Å². The number of rotatable bonds is 6. The highest BCUT2D eigenvalue weighted by atomic mass is 35.5. The molecule has 0 saturated carbocycles. The Bertz CT molecular complexity index is 1460. The second kappa shape index (κ2) is 8.79. The summed E-state index contributed by atoms with van der Waals surface area (Å²) in [5.74, 6) is -0.970. The van der Waals surface area contributed by atoms with Crippen molar-refractivity contribution in [1.82, 2.24) is 3.97 Å².